The second-order valence-electron chi connectivity index (χ2n) is 6.34. The number of piperidine rings is 1. The van der Waals surface area contributed by atoms with E-state index in [2.05, 4.69) is 39.5 Å². The average Bonchev–Trinajstić information content (AvgIpc) is 2.53. The highest BCUT2D eigenvalue weighted by Gasteiger charge is 2.62. The van der Waals surface area contributed by atoms with E-state index in [4.69, 9.17) is 0 Å². The maximum atomic E-state index is 2.67. The summed E-state index contributed by atoms with van der Waals surface area (Å²) in [4.78, 5) is 2.67. The summed E-state index contributed by atoms with van der Waals surface area (Å²) < 4.78 is 0. The largest absolute Gasteiger partial charge is 0.298 e. The predicted octanol–water partition coefficient (Wildman–Crippen LogP) is 2.76. The number of hydrogen-bond donors (Lipinski definition) is 0. The van der Waals surface area contributed by atoms with E-state index < -0.39 is 0 Å². The summed E-state index contributed by atoms with van der Waals surface area (Å²) >= 11 is 0. The maximum absolute atomic E-state index is 2.67. The van der Waals surface area contributed by atoms with E-state index >= 15 is 0 Å². The Morgan fingerprint density at radius 3 is 2.23 bits per heavy atom. The second kappa shape index (κ2) is 2.50. The zero-order chi connectivity index (χ0) is 9.85. The minimum absolute atomic E-state index is 0.384. The fourth-order valence-electron chi connectivity index (χ4n) is 2.93. The van der Waals surface area contributed by atoms with Crippen LogP contribution < -0.4 is 0 Å². The second-order valence-corrected chi connectivity index (χ2v) is 6.34. The maximum Gasteiger partial charge on any atom is 0.0125 e. The van der Waals surface area contributed by atoms with Crippen molar-refractivity contribution < 1.29 is 0 Å². The van der Waals surface area contributed by atoms with Crippen LogP contribution in [0.4, 0.5) is 0 Å². The standard InChI is InChI=1S/C12H23N/c1-9(2)12-6-10(12)7-13(8-12)11(3,4)5/h9-10H,6-8H2,1-5H3. The van der Waals surface area contributed by atoms with Gasteiger partial charge in [0.2, 0.25) is 0 Å². The molecule has 2 fully saturated rings. The lowest BCUT2D eigenvalue weighted by Crippen LogP contribution is -2.42. The Hall–Kier alpha value is -0.0400. The third kappa shape index (κ3) is 1.32. The van der Waals surface area contributed by atoms with Crippen LogP contribution in [0.1, 0.15) is 41.0 Å². The molecule has 0 bridgehead atoms. The van der Waals surface area contributed by atoms with Gasteiger partial charge in [-0.1, -0.05) is 13.8 Å². The summed E-state index contributed by atoms with van der Waals surface area (Å²) in [5, 5.41) is 0. The third-order valence-electron chi connectivity index (χ3n) is 4.30. The molecule has 0 spiro atoms. The summed E-state index contributed by atoms with van der Waals surface area (Å²) in [5.74, 6) is 1.90. The predicted molar refractivity (Wildman–Crippen MR) is 56.7 cm³/mol. The first kappa shape index (κ1) is 9.51. The van der Waals surface area contributed by atoms with Gasteiger partial charge in [0, 0.05) is 18.6 Å². The molecular weight excluding hydrogens is 158 g/mol. The molecule has 0 N–H and O–H groups in total. The van der Waals surface area contributed by atoms with Crippen LogP contribution in [0.3, 0.4) is 0 Å². The molecule has 0 aromatic rings. The van der Waals surface area contributed by atoms with Crippen molar-refractivity contribution in [2.24, 2.45) is 17.3 Å². The molecule has 1 heteroatoms. The lowest BCUT2D eigenvalue weighted by molar-refractivity contribution is 0.135. The number of rotatable bonds is 1. The molecule has 0 aromatic carbocycles. The van der Waals surface area contributed by atoms with Crippen LogP contribution >= 0.6 is 0 Å². The van der Waals surface area contributed by atoms with E-state index in [-0.39, 0.29) is 0 Å². The molecule has 1 nitrogen and oxygen atoms in total. The SMILES string of the molecule is CC(C)C12CC1CN(C(C)(C)C)C2. The molecule has 1 saturated carbocycles. The van der Waals surface area contributed by atoms with Crippen LogP contribution in [0.5, 0.6) is 0 Å². The Labute approximate surface area is 82.5 Å². The quantitative estimate of drug-likeness (QED) is 0.601. The number of nitrogens with zero attached hydrogens (tertiary/aromatic N) is 1. The van der Waals surface area contributed by atoms with Crippen LogP contribution in [-0.2, 0) is 0 Å². The van der Waals surface area contributed by atoms with Crippen LogP contribution in [0.15, 0.2) is 0 Å². The van der Waals surface area contributed by atoms with Crippen LogP contribution in [0, 0.1) is 17.3 Å². The zero-order valence-electron chi connectivity index (χ0n) is 9.72. The van der Waals surface area contributed by atoms with E-state index in [1.807, 2.05) is 0 Å². The molecule has 2 atom stereocenters. The Balaban J connectivity index is 2.05. The van der Waals surface area contributed by atoms with Gasteiger partial charge >= 0.3 is 0 Å². The monoisotopic (exact) mass is 181 g/mol. The van der Waals surface area contributed by atoms with Gasteiger partial charge in [0.05, 0.1) is 0 Å². The van der Waals surface area contributed by atoms with Crippen molar-refractivity contribution in [1.82, 2.24) is 4.90 Å². The van der Waals surface area contributed by atoms with Gasteiger partial charge in [-0.2, -0.15) is 0 Å². The van der Waals surface area contributed by atoms with Gasteiger partial charge < -0.3 is 0 Å². The van der Waals surface area contributed by atoms with Crippen LogP contribution in [0.2, 0.25) is 0 Å². The molecule has 1 heterocycles. The highest BCUT2D eigenvalue weighted by atomic mass is 15.2. The van der Waals surface area contributed by atoms with Gasteiger partial charge in [0.15, 0.2) is 0 Å². The lowest BCUT2D eigenvalue weighted by Gasteiger charge is -2.34. The fourth-order valence-corrected chi connectivity index (χ4v) is 2.93. The minimum Gasteiger partial charge on any atom is -0.298 e. The molecule has 0 aromatic heterocycles. The first-order chi connectivity index (χ1) is 5.86. The van der Waals surface area contributed by atoms with Crippen molar-refractivity contribution in [3.63, 3.8) is 0 Å². The van der Waals surface area contributed by atoms with Crippen molar-refractivity contribution in [3.05, 3.63) is 0 Å². The first-order valence-electron chi connectivity index (χ1n) is 5.61. The van der Waals surface area contributed by atoms with Crippen molar-refractivity contribution >= 4 is 0 Å². The van der Waals surface area contributed by atoms with Gasteiger partial charge in [0.25, 0.3) is 0 Å². The van der Waals surface area contributed by atoms with Crippen molar-refractivity contribution in [1.29, 1.82) is 0 Å². The number of hydrogen-bond acceptors (Lipinski definition) is 1. The lowest BCUT2D eigenvalue weighted by atomic mass is 9.91. The molecule has 0 amide bonds. The summed E-state index contributed by atoms with van der Waals surface area (Å²) in [6, 6.07) is 0. The van der Waals surface area contributed by atoms with Gasteiger partial charge in [-0.15, -0.1) is 0 Å². The normalized spacial score (nSPS) is 39.7. The molecule has 2 unspecified atom stereocenters. The van der Waals surface area contributed by atoms with Crippen LogP contribution in [-0.4, -0.2) is 23.5 Å². The molecule has 2 rings (SSSR count). The smallest absolute Gasteiger partial charge is 0.0125 e. The van der Waals surface area contributed by atoms with Gasteiger partial charge in [-0.25, -0.2) is 0 Å². The van der Waals surface area contributed by atoms with E-state index in [9.17, 15) is 0 Å². The van der Waals surface area contributed by atoms with Crippen molar-refractivity contribution in [3.8, 4) is 0 Å². The van der Waals surface area contributed by atoms with E-state index in [1.165, 1.54) is 19.5 Å². The molecule has 76 valence electrons. The summed E-state index contributed by atoms with van der Waals surface area (Å²) in [6.07, 6.45) is 1.50. The Morgan fingerprint density at radius 2 is 1.92 bits per heavy atom. The molecular formula is C12H23N. The average molecular weight is 181 g/mol. The topological polar surface area (TPSA) is 3.24 Å². The number of likely N-dealkylation sites (tertiary alicyclic amines) is 1. The van der Waals surface area contributed by atoms with Gasteiger partial charge in [-0.05, 0) is 44.4 Å². The molecule has 13 heavy (non-hydrogen) atoms. The van der Waals surface area contributed by atoms with Crippen molar-refractivity contribution in [2.45, 2.75) is 46.6 Å². The Bertz CT molecular complexity index is 214. The van der Waals surface area contributed by atoms with E-state index in [0.29, 0.717) is 11.0 Å². The third-order valence-corrected chi connectivity index (χ3v) is 4.30. The molecule has 1 saturated heterocycles. The first-order valence-corrected chi connectivity index (χ1v) is 5.61. The zero-order valence-corrected chi connectivity index (χ0v) is 9.72. The number of fused-ring (bicyclic) bond motifs is 1. The highest BCUT2D eigenvalue weighted by Crippen LogP contribution is 2.62. The Morgan fingerprint density at radius 1 is 1.31 bits per heavy atom. The molecule has 1 aliphatic heterocycles. The Kier molecular flexibility index (Phi) is 1.83. The van der Waals surface area contributed by atoms with Crippen molar-refractivity contribution in [2.75, 3.05) is 13.1 Å². The summed E-state index contributed by atoms with van der Waals surface area (Å²) in [5.41, 5.74) is 1.10. The minimum atomic E-state index is 0.384. The fraction of sp³-hybridized carbons (Fsp3) is 1.00. The molecule has 1 aliphatic carbocycles. The van der Waals surface area contributed by atoms with Gasteiger partial charge in [-0.3, -0.25) is 4.90 Å². The highest BCUT2D eigenvalue weighted by molar-refractivity contribution is 5.13. The summed E-state index contributed by atoms with van der Waals surface area (Å²) in [6.45, 7) is 14.5. The van der Waals surface area contributed by atoms with E-state index in [0.717, 1.165) is 11.8 Å². The molecule has 0 radical (unpaired) electrons. The summed E-state index contributed by atoms with van der Waals surface area (Å²) in [7, 11) is 0. The van der Waals surface area contributed by atoms with E-state index in [1.54, 1.807) is 0 Å². The molecule has 2 aliphatic rings. The van der Waals surface area contributed by atoms with Crippen LogP contribution in [0.25, 0.3) is 0 Å². The van der Waals surface area contributed by atoms with Gasteiger partial charge in [0.1, 0.15) is 0 Å².